The molecule has 0 radical (unpaired) electrons. The van der Waals surface area contributed by atoms with Crippen LogP contribution in [0.4, 0.5) is 14.7 Å². The van der Waals surface area contributed by atoms with Crippen molar-refractivity contribution in [2.24, 2.45) is 5.92 Å². The Labute approximate surface area is 177 Å². The maximum absolute atomic E-state index is 13.5. The lowest BCUT2D eigenvalue weighted by Gasteiger charge is -2.33. The highest BCUT2D eigenvalue weighted by Crippen LogP contribution is 2.45. The fourth-order valence-electron chi connectivity index (χ4n) is 4.32. The smallest absolute Gasteiger partial charge is 0.395 e. The number of nitrogens with one attached hydrogen (secondary N) is 1. The number of hydrogen-bond acceptors (Lipinski definition) is 8. The molecule has 0 bridgehead atoms. The predicted octanol–water partition coefficient (Wildman–Crippen LogP) is 2.04. The molecule has 11 heteroatoms. The third-order valence-electron chi connectivity index (χ3n) is 6.04. The van der Waals surface area contributed by atoms with Gasteiger partial charge in [0.25, 0.3) is 0 Å². The van der Waals surface area contributed by atoms with E-state index >= 15 is 0 Å². The molecule has 2 aromatic heterocycles. The molecule has 2 unspecified atom stereocenters. The lowest BCUT2D eigenvalue weighted by molar-refractivity contribution is -0.286. The summed E-state index contributed by atoms with van der Waals surface area (Å²) in [6.07, 6.45) is -0.618. The zero-order chi connectivity index (χ0) is 21.8. The molecule has 1 aromatic carbocycles. The van der Waals surface area contributed by atoms with Crippen molar-refractivity contribution in [1.82, 2.24) is 29.8 Å². The van der Waals surface area contributed by atoms with E-state index in [9.17, 15) is 8.78 Å². The van der Waals surface area contributed by atoms with E-state index in [1.807, 2.05) is 0 Å². The van der Waals surface area contributed by atoms with Crippen LogP contribution in [0.3, 0.4) is 0 Å². The number of benzene rings is 1. The molecule has 3 aromatic rings. The van der Waals surface area contributed by atoms with Gasteiger partial charge in [0.1, 0.15) is 5.52 Å². The number of rotatable bonds is 5. The van der Waals surface area contributed by atoms with Gasteiger partial charge in [-0.15, -0.1) is 13.9 Å². The maximum Gasteiger partial charge on any atom is 0.586 e. The van der Waals surface area contributed by atoms with Gasteiger partial charge < -0.3 is 25.4 Å². The summed E-state index contributed by atoms with van der Waals surface area (Å²) in [7, 11) is 2.09. The summed E-state index contributed by atoms with van der Waals surface area (Å²) < 4.78 is 37.6. The van der Waals surface area contributed by atoms with Gasteiger partial charge in [0.05, 0.1) is 0 Å². The molecular weight excluding hydrogens is 408 g/mol. The minimum atomic E-state index is -3.73. The van der Waals surface area contributed by atoms with Gasteiger partial charge in [0, 0.05) is 30.9 Å². The highest BCUT2D eigenvalue weighted by Gasteiger charge is 2.45. The second-order valence-corrected chi connectivity index (χ2v) is 8.38. The normalized spacial score (nSPS) is 22.6. The van der Waals surface area contributed by atoms with E-state index in [1.54, 1.807) is 6.07 Å². The number of fused-ring (bicyclic) bond motifs is 5. The van der Waals surface area contributed by atoms with E-state index in [4.69, 9.17) is 5.73 Å². The molecule has 1 saturated heterocycles. The third kappa shape index (κ3) is 3.72. The molecule has 2 aliphatic heterocycles. The molecule has 0 saturated carbocycles. The van der Waals surface area contributed by atoms with Crippen molar-refractivity contribution in [3.8, 4) is 11.5 Å². The SMILES string of the molecule is CC1CCCNC1CN(C)CCc1nc2c3ccc4c(c3nc(N)n2n1)OC(F)(F)O4. The molecule has 2 aliphatic rings. The highest BCUT2D eigenvalue weighted by molar-refractivity contribution is 5.97. The van der Waals surface area contributed by atoms with Crippen molar-refractivity contribution in [3.63, 3.8) is 0 Å². The molecule has 0 amide bonds. The number of aromatic nitrogens is 4. The number of halogens is 2. The zero-order valence-electron chi connectivity index (χ0n) is 17.4. The van der Waals surface area contributed by atoms with Crippen LogP contribution in [0.15, 0.2) is 12.1 Å². The van der Waals surface area contributed by atoms with Crippen LogP contribution in [0.1, 0.15) is 25.6 Å². The molecule has 5 rings (SSSR count). The first kappa shape index (κ1) is 20.1. The van der Waals surface area contributed by atoms with Gasteiger partial charge in [0.2, 0.25) is 5.95 Å². The van der Waals surface area contributed by atoms with Crippen molar-refractivity contribution in [3.05, 3.63) is 18.0 Å². The standard InChI is InChI=1S/C20H25F2N7O2/c1-11-4-3-8-24-13(11)10-28(2)9-7-15-25-18-12-5-6-14-17(31-20(21,22)30-14)16(12)26-19(23)29(18)27-15/h5-6,11,13,24H,3-4,7-10H2,1-2H3,(H2,23,26). The number of anilines is 1. The average molecular weight is 433 g/mol. The molecule has 0 aliphatic carbocycles. The minimum Gasteiger partial charge on any atom is -0.395 e. The molecule has 9 nitrogen and oxygen atoms in total. The van der Waals surface area contributed by atoms with Crippen LogP contribution < -0.4 is 20.5 Å². The largest absolute Gasteiger partial charge is 0.586 e. The summed E-state index contributed by atoms with van der Waals surface area (Å²) in [6, 6.07) is 3.51. The summed E-state index contributed by atoms with van der Waals surface area (Å²) in [6.45, 7) is 5.10. The number of nitrogens with zero attached hydrogens (tertiary/aromatic N) is 5. The molecule has 31 heavy (non-hydrogen) atoms. The van der Waals surface area contributed by atoms with Gasteiger partial charge in [-0.3, -0.25) is 0 Å². The molecule has 1 fully saturated rings. The van der Waals surface area contributed by atoms with E-state index in [0.717, 1.165) is 19.6 Å². The Morgan fingerprint density at radius 1 is 1.32 bits per heavy atom. The highest BCUT2D eigenvalue weighted by atomic mass is 19.3. The maximum atomic E-state index is 13.5. The van der Waals surface area contributed by atoms with Gasteiger partial charge in [-0.1, -0.05) is 6.92 Å². The van der Waals surface area contributed by atoms with Crippen molar-refractivity contribution in [1.29, 1.82) is 0 Å². The number of piperidine rings is 1. The first-order chi connectivity index (χ1) is 14.8. The van der Waals surface area contributed by atoms with Crippen LogP contribution in [0, 0.1) is 5.92 Å². The van der Waals surface area contributed by atoms with Gasteiger partial charge in [-0.2, -0.15) is 4.52 Å². The van der Waals surface area contributed by atoms with Crippen molar-refractivity contribution in [2.75, 3.05) is 32.4 Å². The summed E-state index contributed by atoms with van der Waals surface area (Å²) in [5.41, 5.74) is 6.66. The number of nitrogens with two attached hydrogens (primary N) is 1. The number of hydrogen-bond donors (Lipinski definition) is 2. The summed E-state index contributed by atoms with van der Waals surface area (Å²) in [5, 5.41) is 8.59. The Morgan fingerprint density at radius 2 is 2.16 bits per heavy atom. The molecular formula is C20H25F2N7O2. The lowest BCUT2D eigenvalue weighted by Crippen LogP contribution is -2.47. The van der Waals surface area contributed by atoms with Gasteiger partial charge in [-0.05, 0) is 44.5 Å². The summed E-state index contributed by atoms with van der Waals surface area (Å²) >= 11 is 0. The van der Waals surface area contributed by atoms with Crippen molar-refractivity contribution >= 4 is 22.5 Å². The Kier molecular flexibility index (Phi) is 4.82. The van der Waals surface area contributed by atoms with Crippen molar-refractivity contribution < 1.29 is 18.3 Å². The number of likely N-dealkylation sites (N-methyl/N-ethyl adjacent to an activating group) is 1. The summed E-state index contributed by atoms with van der Waals surface area (Å²) in [4.78, 5) is 11.1. The van der Waals surface area contributed by atoms with Crippen LogP contribution in [0.5, 0.6) is 11.5 Å². The minimum absolute atomic E-state index is 0.0436. The molecule has 4 heterocycles. The van der Waals surface area contributed by atoms with Crippen LogP contribution in [0.2, 0.25) is 0 Å². The predicted molar refractivity (Wildman–Crippen MR) is 110 cm³/mol. The topological polar surface area (TPSA) is 103 Å². The van der Waals surface area contributed by atoms with Crippen LogP contribution in [-0.4, -0.2) is 63.5 Å². The number of nitrogen functional groups attached to an aromatic ring is 1. The molecule has 2 atom stereocenters. The van der Waals surface area contributed by atoms with E-state index in [2.05, 4.69) is 48.7 Å². The Bertz CT molecular complexity index is 1140. The molecule has 166 valence electrons. The third-order valence-corrected chi connectivity index (χ3v) is 6.04. The quantitative estimate of drug-likeness (QED) is 0.630. The molecule has 0 spiro atoms. The van der Waals surface area contributed by atoms with E-state index < -0.39 is 6.29 Å². The number of ether oxygens (including phenoxy) is 2. The number of alkyl halides is 2. The van der Waals surface area contributed by atoms with Crippen LogP contribution >= 0.6 is 0 Å². The monoisotopic (exact) mass is 433 g/mol. The lowest BCUT2D eigenvalue weighted by atomic mass is 9.92. The average Bonchev–Trinajstić information content (AvgIpc) is 3.28. The van der Waals surface area contributed by atoms with Gasteiger partial charge >= 0.3 is 6.29 Å². The Balaban J connectivity index is 1.37. The van der Waals surface area contributed by atoms with E-state index in [1.165, 1.54) is 23.4 Å². The summed E-state index contributed by atoms with van der Waals surface area (Å²) in [5.74, 6) is 1.08. The van der Waals surface area contributed by atoms with Gasteiger partial charge in [0.15, 0.2) is 23.0 Å². The molecule has 3 N–H and O–H groups in total. The van der Waals surface area contributed by atoms with Crippen molar-refractivity contribution in [2.45, 2.75) is 38.5 Å². The van der Waals surface area contributed by atoms with Crippen LogP contribution in [0.25, 0.3) is 16.6 Å². The second-order valence-electron chi connectivity index (χ2n) is 8.38. The van der Waals surface area contributed by atoms with Gasteiger partial charge in [-0.25, -0.2) is 9.97 Å². The Hall–Kier alpha value is -2.79. The van der Waals surface area contributed by atoms with E-state index in [0.29, 0.717) is 35.2 Å². The zero-order valence-corrected chi connectivity index (χ0v) is 17.4. The fraction of sp³-hybridized carbons (Fsp3) is 0.550. The second kappa shape index (κ2) is 7.41. The van der Waals surface area contributed by atoms with Crippen LogP contribution in [-0.2, 0) is 6.42 Å². The first-order valence-corrected chi connectivity index (χ1v) is 10.5. The Morgan fingerprint density at radius 3 is 2.97 bits per heavy atom. The fourth-order valence-corrected chi connectivity index (χ4v) is 4.32. The van der Waals surface area contributed by atoms with E-state index in [-0.39, 0.29) is 23.0 Å². The first-order valence-electron chi connectivity index (χ1n) is 10.5.